The van der Waals surface area contributed by atoms with Crippen molar-refractivity contribution in [3.63, 3.8) is 0 Å². The van der Waals surface area contributed by atoms with Crippen LogP contribution in [0.1, 0.15) is 63.5 Å². The zero-order chi connectivity index (χ0) is 36.6. The minimum absolute atomic E-state index is 0.0339. The molecule has 0 aliphatic carbocycles. The van der Waals surface area contributed by atoms with Crippen molar-refractivity contribution in [3.8, 4) is 28.7 Å². The first kappa shape index (κ1) is 38.0. The van der Waals surface area contributed by atoms with Crippen molar-refractivity contribution >= 4 is 23.0 Å². The molecule has 0 amide bonds. The predicted octanol–water partition coefficient (Wildman–Crippen LogP) is 9.31. The molecule has 0 unspecified atom stereocenters. The number of hydrogen-bond acceptors (Lipinski definition) is 8. The van der Waals surface area contributed by atoms with Crippen molar-refractivity contribution in [2.24, 2.45) is 11.8 Å². The highest BCUT2D eigenvalue weighted by Gasteiger charge is 2.41. The van der Waals surface area contributed by atoms with E-state index in [4.69, 9.17) is 23.4 Å². The Morgan fingerprint density at radius 2 is 1.54 bits per heavy atom. The van der Waals surface area contributed by atoms with Crippen LogP contribution in [-0.2, 0) is 23.9 Å². The average Bonchev–Trinajstić information content (AvgIpc) is 3.05. The highest BCUT2D eigenvalue weighted by Crippen LogP contribution is 2.40. The quantitative estimate of drug-likeness (QED) is 0.0691. The standard InChI is InChI=1S/C39H44F3NO7/c1-8-9-26-10-14-28(15-11-26)48-37-35(45)29-16-18-31(49-34(44)19-13-27-12-17-32(46-6)33(20-27)47-7)30(36(29)50-38(37)39(40,41)42)23-43(21-24(2)3)22-25(4)5/h10-20,24-25H,8-9,21-23H2,1-7H3/b19-13+. The van der Waals surface area contributed by atoms with Crippen molar-refractivity contribution < 1.29 is 41.3 Å². The summed E-state index contributed by atoms with van der Waals surface area (Å²) in [5.41, 5.74) is 0.406. The number of fused-ring (bicyclic) bond motifs is 1. The van der Waals surface area contributed by atoms with Crippen molar-refractivity contribution in [2.75, 3.05) is 27.3 Å². The zero-order valence-corrected chi connectivity index (χ0v) is 29.5. The third-order valence-electron chi connectivity index (χ3n) is 7.68. The van der Waals surface area contributed by atoms with E-state index in [0.29, 0.717) is 30.2 Å². The molecule has 4 aromatic rings. The number of hydrogen-bond donors (Lipinski definition) is 0. The lowest BCUT2D eigenvalue weighted by molar-refractivity contribution is -0.154. The van der Waals surface area contributed by atoms with E-state index in [-0.39, 0.29) is 46.4 Å². The molecule has 8 nitrogen and oxygen atoms in total. The molecule has 0 bridgehead atoms. The van der Waals surface area contributed by atoms with Crippen LogP contribution in [0.5, 0.6) is 28.7 Å². The molecule has 0 radical (unpaired) electrons. The first-order valence-electron chi connectivity index (χ1n) is 16.5. The smallest absolute Gasteiger partial charge is 0.453 e. The summed E-state index contributed by atoms with van der Waals surface area (Å²) in [6, 6.07) is 14.3. The topological polar surface area (TPSA) is 87.4 Å². The summed E-state index contributed by atoms with van der Waals surface area (Å²) in [4.78, 5) is 29.0. The Morgan fingerprint density at radius 1 is 0.900 bits per heavy atom. The van der Waals surface area contributed by atoms with E-state index < -0.39 is 29.1 Å². The fraction of sp³-hybridized carbons (Fsp3) is 0.385. The van der Waals surface area contributed by atoms with Crippen LogP contribution in [0.4, 0.5) is 13.2 Å². The number of methoxy groups -OCH3 is 2. The summed E-state index contributed by atoms with van der Waals surface area (Å²) in [5, 5.41) is -0.139. The Kier molecular flexibility index (Phi) is 12.7. The molecule has 268 valence electrons. The molecule has 50 heavy (non-hydrogen) atoms. The maximum Gasteiger partial charge on any atom is 0.453 e. The summed E-state index contributed by atoms with van der Waals surface area (Å²) in [7, 11) is 3.00. The number of ether oxygens (including phenoxy) is 4. The molecular formula is C39H44F3NO7. The fourth-order valence-corrected chi connectivity index (χ4v) is 5.66. The van der Waals surface area contributed by atoms with Gasteiger partial charge in [-0.1, -0.05) is 59.2 Å². The molecule has 11 heteroatoms. The summed E-state index contributed by atoms with van der Waals surface area (Å²) in [6.07, 6.45) is -0.693. The first-order chi connectivity index (χ1) is 23.7. The van der Waals surface area contributed by atoms with Crippen LogP contribution >= 0.6 is 0 Å². The maximum absolute atomic E-state index is 14.6. The van der Waals surface area contributed by atoms with Gasteiger partial charge in [0.05, 0.1) is 25.2 Å². The fourth-order valence-electron chi connectivity index (χ4n) is 5.66. The Morgan fingerprint density at radius 3 is 2.12 bits per heavy atom. The van der Waals surface area contributed by atoms with Crippen molar-refractivity contribution in [2.45, 2.75) is 60.2 Å². The van der Waals surface area contributed by atoms with Gasteiger partial charge in [-0.2, -0.15) is 13.2 Å². The third-order valence-corrected chi connectivity index (χ3v) is 7.68. The van der Waals surface area contributed by atoms with Gasteiger partial charge in [-0.15, -0.1) is 0 Å². The number of aryl methyl sites for hydroxylation is 1. The molecular weight excluding hydrogens is 651 g/mol. The molecule has 3 aromatic carbocycles. The van der Waals surface area contributed by atoms with Gasteiger partial charge in [-0.25, -0.2) is 4.79 Å². The molecule has 4 rings (SSSR count). The van der Waals surface area contributed by atoms with Crippen LogP contribution in [0.3, 0.4) is 0 Å². The number of halogens is 3. The highest BCUT2D eigenvalue weighted by molar-refractivity contribution is 5.91. The summed E-state index contributed by atoms with van der Waals surface area (Å²) >= 11 is 0. The zero-order valence-electron chi connectivity index (χ0n) is 29.5. The number of nitrogens with zero attached hydrogens (tertiary/aromatic N) is 1. The minimum Gasteiger partial charge on any atom is -0.493 e. The van der Waals surface area contributed by atoms with Crippen LogP contribution in [0.15, 0.2) is 69.9 Å². The van der Waals surface area contributed by atoms with Gasteiger partial charge in [-0.3, -0.25) is 9.69 Å². The van der Waals surface area contributed by atoms with Gasteiger partial charge in [0.1, 0.15) is 17.1 Å². The van der Waals surface area contributed by atoms with E-state index in [1.165, 1.54) is 50.6 Å². The molecule has 0 atom stereocenters. The summed E-state index contributed by atoms with van der Waals surface area (Å²) in [6.45, 7) is 11.3. The average molecular weight is 696 g/mol. The lowest BCUT2D eigenvalue weighted by Crippen LogP contribution is -2.31. The summed E-state index contributed by atoms with van der Waals surface area (Å²) < 4.78 is 71.3. The van der Waals surface area contributed by atoms with Gasteiger partial charge in [0, 0.05) is 25.7 Å². The van der Waals surface area contributed by atoms with Crippen molar-refractivity contribution in [3.05, 3.63) is 93.3 Å². The largest absolute Gasteiger partial charge is 0.493 e. The SMILES string of the molecule is CCCc1ccc(Oc2c(C(F)(F)F)oc3c(CN(CC(C)C)CC(C)C)c(OC(=O)/C=C/c4ccc(OC)c(OC)c4)ccc3c2=O)cc1. The van der Waals surface area contributed by atoms with Gasteiger partial charge < -0.3 is 23.4 Å². The van der Waals surface area contributed by atoms with Gasteiger partial charge >= 0.3 is 12.1 Å². The van der Waals surface area contributed by atoms with Crippen LogP contribution in [0, 0.1) is 11.8 Å². The van der Waals surface area contributed by atoms with Crippen LogP contribution in [0.2, 0.25) is 0 Å². The number of esters is 1. The molecule has 0 saturated heterocycles. The van der Waals surface area contributed by atoms with Crippen molar-refractivity contribution in [1.29, 1.82) is 0 Å². The van der Waals surface area contributed by atoms with E-state index >= 15 is 0 Å². The Bertz CT molecular complexity index is 1850. The third kappa shape index (κ3) is 9.68. The van der Waals surface area contributed by atoms with Gasteiger partial charge in [0.2, 0.25) is 11.2 Å². The molecule has 0 saturated carbocycles. The molecule has 1 heterocycles. The van der Waals surface area contributed by atoms with E-state index in [9.17, 15) is 22.8 Å². The van der Waals surface area contributed by atoms with Crippen LogP contribution in [0.25, 0.3) is 17.0 Å². The normalized spacial score (nSPS) is 12.0. The predicted molar refractivity (Wildman–Crippen MR) is 187 cm³/mol. The van der Waals surface area contributed by atoms with E-state index in [0.717, 1.165) is 18.4 Å². The molecule has 0 N–H and O–H groups in total. The van der Waals surface area contributed by atoms with Gasteiger partial charge in [0.25, 0.3) is 5.76 Å². The Balaban J connectivity index is 1.83. The van der Waals surface area contributed by atoms with Gasteiger partial charge in [-0.05, 0) is 71.9 Å². The number of alkyl halides is 3. The second-order valence-electron chi connectivity index (χ2n) is 12.9. The number of carbonyl (C=O) groups is 1. The number of carbonyl (C=O) groups excluding carboxylic acids is 1. The van der Waals surface area contributed by atoms with Crippen LogP contribution in [-0.4, -0.2) is 38.2 Å². The highest BCUT2D eigenvalue weighted by atomic mass is 19.4. The minimum atomic E-state index is -5.08. The number of rotatable bonds is 15. The lowest BCUT2D eigenvalue weighted by atomic mass is 10.1. The molecule has 0 fully saturated rings. The maximum atomic E-state index is 14.6. The van der Waals surface area contributed by atoms with Crippen molar-refractivity contribution in [1.82, 2.24) is 4.90 Å². The van der Waals surface area contributed by atoms with E-state index in [1.807, 2.05) is 39.5 Å². The first-order valence-corrected chi connectivity index (χ1v) is 16.5. The molecule has 0 aliphatic heterocycles. The summed E-state index contributed by atoms with van der Waals surface area (Å²) in [5.74, 6) is -1.91. The monoisotopic (exact) mass is 695 g/mol. The Labute approximate surface area is 290 Å². The number of benzene rings is 3. The molecule has 0 aliphatic rings. The van der Waals surface area contributed by atoms with Crippen LogP contribution < -0.4 is 24.4 Å². The molecule has 0 spiro atoms. The van der Waals surface area contributed by atoms with E-state index in [1.54, 1.807) is 30.3 Å². The van der Waals surface area contributed by atoms with E-state index in [2.05, 4.69) is 0 Å². The second kappa shape index (κ2) is 16.8. The van der Waals surface area contributed by atoms with Gasteiger partial charge in [0.15, 0.2) is 11.5 Å². The Hall–Kier alpha value is -4.77. The second-order valence-corrected chi connectivity index (χ2v) is 12.9. The molecule has 1 aromatic heterocycles. The lowest BCUT2D eigenvalue weighted by Gasteiger charge is -2.27.